The van der Waals surface area contributed by atoms with Crippen LogP contribution >= 0.6 is 0 Å². The van der Waals surface area contributed by atoms with Gasteiger partial charge in [-0.2, -0.15) is 0 Å². The second-order valence-corrected chi connectivity index (χ2v) is 8.14. The summed E-state index contributed by atoms with van der Waals surface area (Å²) < 4.78 is 40.6. The summed E-state index contributed by atoms with van der Waals surface area (Å²) >= 11 is 0. The van der Waals surface area contributed by atoms with E-state index < -0.39 is 29.9 Å². The van der Waals surface area contributed by atoms with Crippen LogP contribution in [0.5, 0.6) is 11.5 Å². The first-order valence-electron chi connectivity index (χ1n) is 10.6. The Balaban J connectivity index is 1.59. The van der Waals surface area contributed by atoms with E-state index in [4.69, 9.17) is 14.6 Å². The fourth-order valence-corrected chi connectivity index (χ4v) is 4.13. The van der Waals surface area contributed by atoms with Crippen molar-refractivity contribution in [2.45, 2.75) is 32.0 Å². The minimum Gasteiger partial charge on any atom is -0.497 e. The van der Waals surface area contributed by atoms with Crippen molar-refractivity contribution in [1.29, 1.82) is 0 Å². The molecule has 0 fully saturated rings. The number of hydrogen-bond acceptors (Lipinski definition) is 4. The van der Waals surface area contributed by atoms with E-state index in [1.54, 1.807) is 18.2 Å². The second kappa shape index (κ2) is 9.19. The van der Waals surface area contributed by atoms with Gasteiger partial charge in [-0.15, -0.1) is 0 Å². The third-order valence-electron chi connectivity index (χ3n) is 6.09. The van der Waals surface area contributed by atoms with Crippen molar-refractivity contribution in [2.75, 3.05) is 7.11 Å². The summed E-state index contributed by atoms with van der Waals surface area (Å²) in [5, 5.41) is 19.4. The zero-order valence-corrected chi connectivity index (χ0v) is 18.2. The normalized spacial score (nSPS) is 16.7. The molecule has 3 aromatic rings. The minimum atomic E-state index is -1.50. The number of rotatable bonds is 7. The molecule has 3 atom stereocenters. The number of halogens is 2. The molecule has 0 radical (unpaired) electrons. The molecule has 0 unspecified atom stereocenters. The highest BCUT2D eigenvalue weighted by Crippen LogP contribution is 2.39. The molecular weight excluding hydrogens is 430 g/mol. The first kappa shape index (κ1) is 22.7. The summed E-state index contributed by atoms with van der Waals surface area (Å²) in [6.45, 7) is 1.32. The van der Waals surface area contributed by atoms with Crippen molar-refractivity contribution >= 4 is 5.97 Å². The van der Waals surface area contributed by atoms with E-state index in [9.17, 15) is 14.3 Å². The van der Waals surface area contributed by atoms with E-state index in [0.29, 0.717) is 29.7 Å². The monoisotopic (exact) mass is 454 g/mol. The molecule has 0 aromatic heterocycles. The Morgan fingerprint density at radius 2 is 1.91 bits per heavy atom. The van der Waals surface area contributed by atoms with Crippen LogP contribution in [-0.2, 0) is 11.2 Å². The van der Waals surface area contributed by atoms with Crippen LogP contribution in [0.4, 0.5) is 8.78 Å². The zero-order chi connectivity index (χ0) is 23.7. The van der Waals surface area contributed by atoms with Crippen LogP contribution in [0.15, 0.2) is 54.6 Å². The largest absolute Gasteiger partial charge is 0.497 e. The second-order valence-electron chi connectivity index (χ2n) is 8.14. The van der Waals surface area contributed by atoms with Crippen molar-refractivity contribution in [3.63, 3.8) is 0 Å². The van der Waals surface area contributed by atoms with Crippen LogP contribution in [0.3, 0.4) is 0 Å². The smallest absolute Gasteiger partial charge is 0.309 e. The van der Waals surface area contributed by atoms with Crippen molar-refractivity contribution in [2.24, 2.45) is 5.92 Å². The molecule has 0 saturated heterocycles. The summed E-state index contributed by atoms with van der Waals surface area (Å²) in [7, 11) is 1.52. The highest BCUT2D eigenvalue weighted by Gasteiger charge is 2.29. The fourth-order valence-electron chi connectivity index (χ4n) is 4.13. The molecule has 0 bridgehead atoms. The van der Waals surface area contributed by atoms with Crippen molar-refractivity contribution < 1.29 is 33.3 Å². The van der Waals surface area contributed by atoms with Gasteiger partial charge in [0.25, 0.3) is 0 Å². The highest BCUT2D eigenvalue weighted by atomic mass is 19.1. The average molecular weight is 454 g/mol. The van der Waals surface area contributed by atoms with E-state index in [-0.39, 0.29) is 17.1 Å². The summed E-state index contributed by atoms with van der Waals surface area (Å²) in [6, 6.07) is 14.4. The standard InChI is InChI=1S/C26H24F2O5/c1-14(26(30)31)25(29)19-4-3-5-23(24(19)28)33-22-11-7-15-12-16(6-9-18(15)22)20-13-17(32-2)8-10-21(20)27/h3-6,8-10,12-14,22,25,29H,7,11H2,1-2H3,(H,30,31)/t14-,22-,25-/m1/s1. The first-order valence-corrected chi connectivity index (χ1v) is 10.6. The van der Waals surface area contributed by atoms with Gasteiger partial charge in [0.15, 0.2) is 11.6 Å². The van der Waals surface area contributed by atoms with Gasteiger partial charge in [0.1, 0.15) is 17.7 Å². The van der Waals surface area contributed by atoms with E-state index >= 15 is 4.39 Å². The highest BCUT2D eigenvalue weighted by molar-refractivity contribution is 5.70. The van der Waals surface area contributed by atoms with Crippen LogP contribution in [0.25, 0.3) is 11.1 Å². The fraction of sp³-hybridized carbons (Fsp3) is 0.269. The third-order valence-corrected chi connectivity index (χ3v) is 6.09. The summed E-state index contributed by atoms with van der Waals surface area (Å²) in [6.07, 6.45) is -0.624. The number of carboxylic acid groups (broad SMARTS) is 1. The van der Waals surface area contributed by atoms with Gasteiger partial charge in [0.05, 0.1) is 19.1 Å². The lowest BCUT2D eigenvalue weighted by Crippen LogP contribution is -2.20. The van der Waals surface area contributed by atoms with Crippen LogP contribution in [0.2, 0.25) is 0 Å². The van der Waals surface area contributed by atoms with Gasteiger partial charge in [-0.05, 0) is 60.7 Å². The molecule has 3 aromatic carbocycles. The molecule has 0 amide bonds. The molecule has 2 N–H and O–H groups in total. The summed E-state index contributed by atoms with van der Waals surface area (Å²) in [4.78, 5) is 11.2. The van der Waals surface area contributed by atoms with Crippen molar-refractivity contribution in [3.8, 4) is 22.6 Å². The van der Waals surface area contributed by atoms with E-state index in [1.165, 1.54) is 38.3 Å². The Morgan fingerprint density at radius 1 is 1.12 bits per heavy atom. The number of aliphatic hydroxyl groups excluding tert-OH is 1. The van der Waals surface area contributed by atoms with Gasteiger partial charge in [-0.1, -0.05) is 30.3 Å². The number of fused-ring (bicyclic) bond motifs is 1. The topological polar surface area (TPSA) is 76.0 Å². The number of hydrogen-bond donors (Lipinski definition) is 2. The summed E-state index contributed by atoms with van der Waals surface area (Å²) in [5.41, 5.74) is 2.89. The molecule has 1 aliphatic carbocycles. The predicted octanol–water partition coefficient (Wildman–Crippen LogP) is 5.46. The van der Waals surface area contributed by atoms with E-state index in [1.807, 2.05) is 12.1 Å². The Morgan fingerprint density at radius 3 is 2.64 bits per heavy atom. The Bertz CT molecular complexity index is 1190. The Hall–Kier alpha value is -3.45. The number of carboxylic acids is 1. The van der Waals surface area contributed by atoms with Gasteiger partial charge in [0.2, 0.25) is 0 Å². The number of carbonyl (C=O) groups is 1. The van der Waals surface area contributed by atoms with E-state index in [0.717, 1.165) is 11.1 Å². The molecule has 0 aliphatic heterocycles. The number of aliphatic carboxylic acids is 1. The minimum absolute atomic E-state index is 0.0510. The maximum atomic E-state index is 15.0. The molecule has 0 heterocycles. The molecule has 7 heteroatoms. The van der Waals surface area contributed by atoms with Crippen molar-refractivity contribution in [1.82, 2.24) is 0 Å². The van der Waals surface area contributed by atoms with Crippen LogP contribution < -0.4 is 9.47 Å². The van der Waals surface area contributed by atoms with Crippen LogP contribution in [0.1, 0.15) is 42.2 Å². The maximum absolute atomic E-state index is 15.0. The SMILES string of the molecule is COc1ccc(F)c(-c2ccc3c(c2)CC[C@H]3Oc2cccc([C@H](O)[C@@H](C)C(=O)O)c2F)c1. The number of methoxy groups -OCH3 is 1. The van der Waals surface area contributed by atoms with Gasteiger partial charge < -0.3 is 19.7 Å². The lowest BCUT2D eigenvalue weighted by molar-refractivity contribution is -0.145. The predicted molar refractivity (Wildman–Crippen MR) is 118 cm³/mol. The number of benzene rings is 3. The molecular formula is C26H24F2O5. The van der Waals surface area contributed by atoms with Gasteiger partial charge >= 0.3 is 5.97 Å². The molecule has 1 aliphatic rings. The zero-order valence-electron chi connectivity index (χ0n) is 18.2. The third kappa shape index (κ3) is 4.41. The molecule has 172 valence electrons. The Kier molecular flexibility index (Phi) is 6.33. The molecule has 0 spiro atoms. The molecule has 5 nitrogen and oxygen atoms in total. The van der Waals surface area contributed by atoms with Gasteiger partial charge in [-0.3, -0.25) is 4.79 Å². The lowest BCUT2D eigenvalue weighted by atomic mass is 9.97. The van der Waals surface area contributed by atoms with Gasteiger partial charge in [-0.25, -0.2) is 8.78 Å². The lowest BCUT2D eigenvalue weighted by Gasteiger charge is -2.20. The quantitative estimate of drug-likeness (QED) is 0.496. The molecule has 0 saturated carbocycles. The van der Waals surface area contributed by atoms with Crippen LogP contribution in [-0.4, -0.2) is 23.3 Å². The molecule has 33 heavy (non-hydrogen) atoms. The average Bonchev–Trinajstić information content (AvgIpc) is 3.21. The van der Waals surface area contributed by atoms with Crippen molar-refractivity contribution in [3.05, 3.63) is 82.9 Å². The summed E-state index contributed by atoms with van der Waals surface area (Å²) in [5.74, 6) is -3.01. The Labute approximate surface area is 190 Å². The van der Waals surface area contributed by atoms with Crippen LogP contribution in [0, 0.1) is 17.6 Å². The number of aliphatic hydroxyl groups is 1. The molecule has 4 rings (SSSR count). The van der Waals surface area contributed by atoms with Gasteiger partial charge in [0, 0.05) is 11.1 Å². The number of ether oxygens (including phenoxy) is 2. The maximum Gasteiger partial charge on any atom is 0.309 e. The van der Waals surface area contributed by atoms with E-state index in [2.05, 4.69) is 0 Å². The number of aryl methyl sites for hydroxylation is 1. The first-order chi connectivity index (χ1) is 15.8.